The number of hydrogen-bond donors (Lipinski definition) is 2. The van der Waals surface area contributed by atoms with Crippen molar-refractivity contribution in [1.82, 2.24) is 9.97 Å². The SMILES string of the molecule is CCCNc1cc(C(=O)Nc2ccc(C(C)C)cc2)ncn1. The van der Waals surface area contributed by atoms with Crippen LogP contribution >= 0.6 is 0 Å². The maximum atomic E-state index is 12.2. The van der Waals surface area contributed by atoms with E-state index in [4.69, 9.17) is 0 Å². The molecular weight excluding hydrogens is 276 g/mol. The first kappa shape index (κ1) is 15.9. The molecule has 1 amide bonds. The van der Waals surface area contributed by atoms with Crippen molar-refractivity contribution in [2.45, 2.75) is 33.1 Å². The summed E-state index contributed by atoms with van der Waals surface area (Å²) in [5, 5.41) is 5.99. The molecule has 0 aliphatic rings. The molecule has 1 heterocycles. The Labute approximate surface area is 131 Å². The van der Waals surface area contributed by atoms with Crippen LogP contribution in [0, 0.1) is 0 Å². The van der Waals surface area contributed by atoms with E-state index in [9.17, 15) is 4.79 Å². The molecule has 116 valence electrons. The third kappa shape index (κ3) is 4.28. The lowest BCUT2D eigenvalue weighted by molar-refractivity contribution is 0.102. The van der Waals surface area contributed by atoms with Gasteiger partial charge in [-0.05, 0) is 30.0 Å². The van der Waals surface area contributed by atoms with E-state index in [0.29, 0.717) is 17.4 Å². The van der Waals surface area contributed by atoms with E-state index in [2.05, 4.69) is 41.4 Å². The molecule has 5 heteroatoms. The molecule has 1 aromatic carbocycles. The molecule has 5 nitrogen and oxygen atoms in total. The first-order valence-corrected chi connectivity index (χ1v) is 7.57. The smallest absolute Gasteiger partial charge is 0.274 e. The van der Waals surface area contributed by atoms with Crippen LogP contribution < -0.4 is 10.6 Å². The van der Waals surface area contributed by atoms with E-state index in [1.165, 1.54) is 11.9 Å². The number of carbonyl (C=O) groups is 1. The standard InChI is InChI=1S/C17H22N4O/c1-4-9-18-16-10-15(19-11-20-16)17(22)21-14-7-5-13(6-8-14)12(2)3/h5-8,10-12H,4,9H2,1-3H3,(H,21,22)(H,18,19,20). The fourth-order valence-electron chi connectivity index (χ4n) is 1.98. The third-order valence-electron chi connectivity index (χ3n) is 3.29. The van der Waals surface area contributed by atoms with Crippen molar-refractivity contribution < 1.29 is 4.79 Å². The van der Waals surface area contributed by atoms with Gasteiger partial charge in [0.25, 0.3) is 5.91 Å². The minimum Gasteiger partial charge on any atom is -0.370 e. The van der Waals surface area contributed by atoms with Gasteiger partial charge in [-0.2, -0.15) is 0 Å². The summed E-state index contributed by atoms with van der Waals surface area (Å²) in [5.74, 6) is 0.898. The van der Waals surface area contributed by atoms with Crippen LogP contribution in [-0.2, 0) is 0 Å². The van der Waals surface area contributed by atoms with E-state index >= 15 is 0 Å². The van der Waals surface area contributed by atoms with E-state index < -0.39 is 0 Å². The summed E-state index contributed by atoms with van der Waals surface area (Å²) in [4.78, 5) is 20.4. The summed E-state index contributed by atoms with van der Waals surface area (Å²) in [7, 11) is 0. The van der Waals surface area contributed by atoms with Crippen LogP contribution in [0.15, 0.2) is 36.7 Å². The van der Waals surface area contributed by atoms with Gasteiger partial charge in [-0.1, -0.05) is 32.9 Å². The summed E-state index contributed by atoms with van der Waals surface area (Å²) < 4.78 is 0. The van der Waals surface area contributed by atoms with E-state index in [1.54, 1.807) is 6.07 Å². The number of nitrogens with one attached hydrogen (secondary N) is 2. The van der Waals surface area contributed by atoms with Crippen molar-refractivity contribution in [3.05, 3.63) is 47.9 Å². The molecule has 0 atom stereocenters. The largest absolute Gasteiger partial charge is 0.370 e. The molecule has 1 aromatic heterocycles. The molecule has 2 rings (SSSR count). The Kier molecular flexibility index (Phi) is 5.47. The van der Waals surface area contributed by atoms with Gasteiger partial charge in [-0.15, -0.1) is 0 Å². The Bertz CT molecular complexity index is 623. The highest BCUT2D eigenvalue weighted by Gasteiger charge is 2.09. The van der Waals surface area contributed by atoms with Gasteiger partial charge in [0, 0.05) is 18.3 Å². The van der Waals surface area contributed by atoms with Crippen molar-refractivity contribution in [3.63, 3.8) is 0 Å². The van der Waals surface area contributed by atoms with Crippen LogP contribution in [0.25, 0.3) is 0 Å². The maximum Gasteiger partial charge on any atom is 0.274 e. The van der Waals surface area contributed by atoms with Crippen LogP contribution in [0.2, 0.25) is 0 Å². The van der Waals surface area contributed by atoms with Crippen molar-refractivity contribution in [2.24, 2.45) is 0 Å². The van der Waals surface area contributed by atoms with Gasteiger partial charge in [-0.25, -0.2) is 9.97 Å². The highest BCUT2D eigenvalue weighted by atomic mass is 16.1. The lowest BCUT2D eigenvalue weighted by Crippen LogP contribution is -2.14. The number of aromatic nitrogens is 2. The average Bonchev–Trinajstić information content (AvgIpc) is 2.53. The number of carbonyl (C=O) groups excluding carboxylic acids is 1. The number of rotatable bonds is 6. The van der Waals surface area contributed by atoms with Crippen LogP contribution in [0.4, 0.5) is 11.5 Å². The minimum atomic E-state index is -0.237. The second-order valence-electron chi connectivity index (χ2n) is 5.45. The number of benzene rings is 1. The van der Waals surface area contributed by atoms with Gasteiger partial charge in [0.2, 0.25) is 0 Å². The van der Waals surface area contributed by atoms with Crippen LogP contribution in [0.3, 0.4) is 0 Å². The van der Waals surface area contributed by atoms with Gasteiger partial charge in [-0.3, -0.25) is 4.79 Å². The quantitative estimate of drug-likeness (QED) is 0.854. The van der Waals surface area contributed by atoms with E-state index in [-0.39, 0.29) is 5.91 Å². The molecule has 0 unspecified atom stereocenters. The molecule has 0 aliphatic carbocycles. The summed E-state index contributed by atoms with van der Waals surface area (Å²) >= 11 is 0. The lowest BCUT2D eigenvalue weighted by atomic mass is 10.0. The predicted molar refractivity (Wildman–Crippen MR) is 89.3 cm³/mol. The Hall–Kier alpha value is -2.43. The predicted octanol–water partition coefficient (Wildman–Crippen LogP) is 3.67. The van der Waals surface area contributed by atoms with Crippen molar-refractivity contribution in [2.75, 3.05) is 17.2 Å². The van der Waals surface area contributed by atoms with E-state index in [0.717, 1.165) is 18.7 Å². The van der Waals surface area contributed by atoms with Crippen LogP contribution in [0.5, 0.6) is 0 Å². The highest BCUT2D eigenvalue weighted by molar-refractivity contribution is 6.03. The second kappa shape index (κ2) is 7.54. The second-order valence-corrected chi connectivity index (χ2v) is 5.45. The molecule has 0 spiro atoms. The first-order chi connectivity index (χ1) is 10.6. The van der Waals surface area contributed by atoms with Gasteiger partial charge < -0.3 is 10.6 Å². The molecule has 0 radical (unpaired) electrons. The lowest BCUT2D eigenvalue weighted by Gasteiger charge is -2.09. The fourth-order valence-corrected chi connectivity index (χ4v) is 1.98. The molecule has 0 saturated heterocycles. The zero-order valence-electron chi connectivity index (χ0n) is 13.3. The number of nitrogens with zero attached hydrogens (tertiary/aromatic N) is 2. The van der Waals surface area contributed by atoms with Crippen molar-refractivity contribution >= 4 is 17.4 Å². The zero-order valence-corrected chi connectivity index (χ0v) is 13.3. The molecule has 0 saturated carbocycles. The normalized spacial score (nSPS) is 10.5. The number of anilines is 2. The molecular formula is C17H22N4O. The molecule has 0 bridgehead atoms. The first-order valence-electron chi connectivity index (χ1n) is 7.57. The summed E-state index contributed by atoms with van der Waals surface area (Å²) in [6.07, 6.45) is 2.39. The van der Waals surface area contributed by atoms with Gasteiger partial charge in [0.05, 0.1) is 0 Å². The molecule has 22 heavy (non-hydrogen) atoms. The fraction of sp³-hybridized carbons (Fsp3) is 0.353. The minimum absolute atomic E-state index is 0.237. The molecule has 2 aromatic rings. The Balaban J connectivity index is 2.05. The van der Waals surface area contributed by atoms with Gasteiger partial charge in [0.15, 0.2) is 0 Å². The van der Waals surface area contributed by atoms with Crippen molar-refractivity contribution in [3.8, 4) is 0 Å². The average molecular weight is 298 g/mol. The third-order valence-corrected chi connectivity index (χ3v) is 3.29. The molecule has 0 aliphatic heterocycles. The zero-order chi connectivity index (χ0) is 15.9. The van der Waals surface area contributed by atoms with Crippen molar-refractivity contribution in [1.29, 1.82) is 0 Å². The molecule has 2 N–H and O–H groups in total. The Morgan fingerprint density at radius 2 is 1.91 bits per heavy atom. The van der Waals surface area contributed by atoms with E-state index in [1.807, 2.05) is 24.3 Å². The summed E-state index contributed by atoms with van der Waals surface area (Å²) in [6.45, 7) is 7.16. The highest BCUT2D eigenvalue weighted by Crippen LogP contribution is 2.17. The summed E-state index contributed by atoms with van der Waals surface area (Å²) in [5.41, 5.74) is 2.35. The monoisotopic (exact) mass is 298 g/mol. The summed E-state index contributed by atoms with van der Waals surface area (Å²) in [6, 6.07) is 9.52. The van der Waals surface area contributed by atoms with Gasteiger partial charge in [0.1, 0.15) is 17.8 Å². The van der Waals surface area contributed by atoms with Crippen LogP contribution in [0.1, 0.15) is 49.2 Å². The Morgan fingerprint density at radius 3 is 2.55 bits per heavy atom. The Morgan fingerprint density at radius 1 is 1.18 bits per heavy atom. The molecule has 0 fully saturated rings. The number of amides is 1. The maximum absolute atomic E-state index is 12.2. The topological polar surface area (TPSA) is 66.9 Å². The number of hydrogen-bond acceptors (Lipinski definition) is 4. The van der Waals surface area contributed by atoms with Gasteiger partial charge >= 0.3 is 0 Å². The van der Waals surface area contributed by atoms with Crippen LogP contribution in [-0.4, -0.2) is 22.4 Å².